The number of rotatable bonds is 6. The molecule has 9 aromatic heterocycles. The van der Waals surface area contributed by atoms with Crippen molar-refractivity contribution in [3.05, 3.63) is 201 Å². The molecule has 0 radical (unpaired) electrons. The van der Waals surface area contributed by atoms with Crippen LogP contribution in [0.2, 0.25) is 0 Å². The fraction of sp³-hybridized carbons (Fsp3) is 0. The quantitative estimate of drug-likeness (QED) is 0.215. The molecule has 0 unspecified atom stereocenters. The van der Waals surface area contributed by atoms with Crippen LogP contribution in [0, 0.1) is 0 Å². The highest BCUT2D eigenvalue weighted by Crippen LogP contribution is 2.29. The summed E-state index contributed by atoms with van der Waals surface area (Å²) >= 11 is 0. The summed E-state index contributed by atoms with van der Waals surface area (Å²) < 4.78 is 0. The maximum absolute atomic E-state index is 4.42. The van der Waals surface area contributed by atoms with Crippen LogP contribution >= 0.6 is 12.4 Å². The Labute approximate surface area is 358 Å². The van der Waals surface area contributed by atoms with Gasteiger partial charge in [-0.25, -0.2) is 0 Å². The second kappa shape index (κ2) is 27.9. The Morgan fingerprint density at radius 1 is 0.197 bits per heavy atom. The van der Waals surface area contributed by atoms with Crippen LogP contribution in [0.3, 0.4) is 0 Å². The smallest absolute Gasteiger partial charge is 0.0980 e. The highest BCUT2D eigenvalue weighted by Gasteiger charge is 2.11. The van der Waals surface area contributed by atoms with Gasteiger partial charge in [0, 0.05) is 72.5 Å². The fourth-order valence-electron chi connectivity index (χ4n) is 5.52. The molecule has 0 bridgehead atoms. The Bertz CT molecular complexity index is 2050. The lowest BCUT2D eigenvalue weighted by Crippen LogP contribution is -1.92. The zero-order valence-electron chi connectivity index (χ0n) is 32.5. The van der Waals surface area contributed by atoms with Crippen LogP contribution in [0.4, 0.5) is 0 Å². The summed E-state index contributed by atoms with van der Waals surface area (Å²) in [6.07, 6.45) is 16.0. The molecule has 314 valence electrons. The summed E-state index contributed by atoms with van der Waals surface area (Å²) in [5.74, 6) is 0. The molecule has 0 saturated heterocycles. The van der Waals surface area contributed by atoms with Crippen LogP contribution in [0.25, 0.3) is 67.9 Å². The number of halogens is 1. The minimum Gasteiger partial charge on any atom is -0.412 e. The molecule has 0 fully saturated rings. The molecular weight excluding hydrogens is 798 g/mol. The summed E-state index contributed by atoms with van der Waals surface area (Å²) in [5.41, 5.74) is 10.9. The molecule has 15 nitrogen and oxygen atoms in total. The van der Waals surface area contributed by atoms with Crippen LogP contribution in [-0.4, -0.2) is 77.7 Å². The third-order valence-corrected chi connectivity index (χ3v) is 7.97. The first-order valence-electron chi connectivity index (χ1n) is 17.2. The van der Waals surface area contributed by atoms with E-state index in [1.165, 1.54) is 0 Å². The van der Waals surface area contributed by atoms with Crippen molar-refractivity contribution in [2.24, 2.45) is 0 Å². The van der Waals surface area contributed by atoms with E-state index in [4.69, 9.17) is 0 Å². The van der Waals surface area contributed by atoms with E-state index in [1.54, 1.807) is 55.8 Å². The first-order chi connectivity index (χ1) is 26.8. The van der Waals surface area contributed by atoms with Gasteiger partial charge in [0.15, 0.2) is 0 Å². The molecule has 0 amide bonds. The Hall–Kier alpha value is -7.60. The van der Waals surface area contributed by atoms with E-state index in [2.05, 4.69) is 44.9 Å². The highest BCUT2D eigenvalue weighted by molar-refractivity contribution is 5.85. The van der Waals surface area contributed by atoms with Gasteiger partial charge in [-0.2, -0.15) is 0 Å². The van der Waals surface area contributed by atoms with Crippen LogP contribution in [0.1, 0.15) is 0 Å². The second-order valence-electron chi connectivity index (χ2n) is 11.5. The lowest BCUT2D eigenvalue weighted by atomic mass is 10.1. The molecule has 9 heterocycles. The van der Waals surface area contributed by atoms with Crippen molar-refractivity contribution in [2.75, 3.05) is 0 Å². The molecule has 0 aliphatic rings. The molecule has 0 aromatic carbocycles. The largest absolute Gasteiger partial charge is 0.412 e. The van der Waals surface area contributed by atoms with Gasteiger partial charge in [-0.05, 0) is 109 Å². The Morgan fingerprint density at radius 2 is 0.393 bits per heavy atom. The molecule has 61 heavy (non-hydrogen) atoms. The van der Waals surface area contributed by atoms with Gasteiger partial charge in [-0.3, -0.25) is 44.9 Å². The molecule has 0 spiro atoms. The minimum atomic E-state index is 0. The van der Waals surface area contributed by atoms with Crippen LogP contribution in [0.15, 0.2) is 201 Å². The second-order valence-corrected chi connectivity index (χ2v) is 11.5. The zero-order chi connectivity index (χ0) is 36.6. The Balaban J connectivity index is 0.000000837. The third-order valence-electron chi connectivity index (χ3n) is 7.97. The van der Waals surface area contributed by atoms with Crippen LogP contribution < -0.4 is 0 Å². The van der Waals surface area contributed by atoms with Crippen molar-refractivity contribution in [3.63, 3.8) is 0 Å². The van der Waals surface area contributed by atoms with Crippen molar-refractivity contribution in [1.29, 1.82) is 0 Å². The molecule has 0 aliphatic heterocycles. The van der Waals surface area contributed by atoms with Gasteiger partial charge in [-0.15, -0.1) is 12.4 Å². The predicted octanol–water partition coefficient (Wildman–Crippen LogP) is 5.09. The van der Waals surface area contributed by atoms with E-state index >= 15 is 0 Å². The van der Waals surface area contributed by atoms with E-state index in [1.807, 2.05) is 146 Å². The van der Waals surface area contributed by atoms with Gasteiger partial charge in [0.25, 0.3) is 0 Å². The van der Waals surface area contributed by atoms with E-state index in [9.17, 15) is 0 Å². The van der Waals surface area contributed by atoms with E-state index in [-0.39, 0.29) is 45.3 Å². The van der Waals surface area contributed by atoms with Crippen molar-refractivity contribution in [1.82, 2.24) is 44.9 Å². The number of aromatic nitrogens is 9. The van der Waals surface area contributed by atoms with Crippen molar-refractivity contribution >= 4 is 12.4 Å². The molecule has 0 atom stereocenters. The van der Waals surface area contributed by atoms with Crippen molar-refractivity contribution in [3.8, 4) is 67.9 Å². The van der Waals surface area contributed by atoms with Gasteiger partial charge < -0.3 is 32.9 Å². The summed E-state index contributed by atoms with van der Waals surface area (Å²) in [4.78, 5) is 39.4. The SMILES string of the molecule is Cl.O.O.O.O.O.O.c1ccc(-c2cccnc2-c2ccccn2)nc1.c1ccc(-c2cccnc2-c2ccccn2)nc1.c1ccc(-c2cccnc2-c2ccccn2)nc1. The van der Waals surface area contributed by atoms with E-state index in [0.717, 1.165) is 67.9 Å². The lowest BCUT2D eigenvalue weighted by Gasteiger charge is -2.06. The molecule has 9 rings (SSSR count). The number of hydrogen-bond donors (Lipinski definition) is 0. The van der Waals surface area contributed by atoms with Gasteiger partial charge in [0.1, 0.15) is 0 Å². The molecule has 0 saturated carbocycles. The van der Waals surface area contributed by atoms with Gasteiger partial charge in [0.05, 0.1) is 51.2 Å². The average Bonchev–Trinajstić information content (AvgIpc) is 3.29. The first-order valence-corrected chi connectivity index (χ1v) is 17.2. The van der Waals surface area contributed by atoms with Gasteiger partial charge in [0.2, 0.25) is 0 Å². The Morgan fingerprint density at radius 3 is 0.590 bits per heavy atom. The standard InChI is InChI=1S/3C15H11N3.ClH.6H2O/c3*1-3-9-16-13(7-1)12-6-5-11-18-15(12)14-8-2-4-10-17-14;;;;;;;/h3*1-11H;1H;6*1H2. The predicted molar refractivity (Wildman–Crippen MR) is 241 cm³/mol. The normalized spacial score (nSPS) is 9.05. The number of nitrogens with zero attached hydrogens (tertiary/aromatic N) is 9. The van der Waals surface area contributed by atoms with Crippen molar-refractivity contribution in [2.45, 2.75) is 0 Å². The van der Waals surface area contributed by atoms with Crippen molar-refractivity contribution < 1.29 is 32.9 Å². The summed E-state index contributed by atoms with van der Waals surface area (Å²) in [6, 6.07) is 46.7. The molecule has 12 N–H and O–H groups in total. The first kappa shape index (κ1) is 53.4. The summed E-state index contributed by atoms with van der Waals surface area (Å²) in [6.45, 7) is 0. The average molecular weight is 844 g/mol. The van der Waals surface area contributed by atoms with E-state index < -0.39 is 0 Å². The summed E-state index contributed by atoms with van der Waals surface area (Å²) in [7, 11) is 0. The monoisotopic (exact) mass is 843 g/mol. The highest BCUT2D eigenvalue weighted by atomic mass is 35.5. The summed E-state index contributed by atoms with van der Waals surface area (Å²) in [5, 5.41) is 0. The molecule has 0 aliphatic carbocycles. The Kier molecular flexibility index (Phi) is 24.5. The van der Waals surface area contributed by atoms with Crippen LogP contribution in [-0.2, 0) is 0 Å². The third kappa shape index (κ3) is 14.0. The maximum atomic E-state index is 4.42. The zero-order valence-corrected chi connectivity index (χ0v) is 33.3. The molecule has 9 aromatic rings. The van der Waals surface area contributed by atoms with Crippen LogP contribution in [0.5, 0.6) is 0 Å². The van der Waals surface area contributed by atoms with Gasteiger partial charge in [-0.1, -0.05) is 36.4 Å². The lowest BCUT2D eigenvalue weighted by molar-refractivity contribution is 0.823. The number of pyridine rings is 9. The topological polar surface area (TPSA) is 305 Å². The maximum Gasteiger partial charge on any atom is 0.0980 e. The van der Waals surface area contributed by atoms with E-state index in [0.29, 0.717) is 0 Å². The minimum absolute atomic E-state index is 0. The molecule has 16 heteroatoms. The fourth-order valence-corrected chi connectivity index (χ4v) is 5.52. The van der Waals surface area contributed by atoms with Gasteiger partial charge >= 0.3 is 0 Å². The number of hydrogen-bond acceptors (Lipinski definition) is 9. The molecular formula is C45H46ClN9O6.